The molecule has 1 fully saturated rings. The highest BCUT2D eigenvalue weighted by atomic mass is 16.5. The third kappa shape index (κ3) is 4.67. The molecule has 0 saturated carbocycles. The molecule has 144 valence electrons. The summed E-state index contributed by atoms with van der Waals surface area (Å²) in [6.07, 6.45) is 2.34. The second kappa shape index (κ2) is 8.85. The molecule has 0 unspecified atom stereocenters. The first-order valence-electron chi connectivity index (χ1n) is 9.84. The molecular formula is C23H25N3O2. The number of hydrogen-bond acceptors (Lipinski definition) is 4. The molecule has 28 heavy (non-hydrogen) atoms. The second-order valence-corrected chi connectivity index (χ2v) is 7.38. The molecule has 1 aliphatic heterocycles. The number of hydrogen-bond donors (Lipinski definition) is 2. The van der Waals surface area contributed by atoms with Crippen LogP contribution in [0.15, 0.2) is 71.3 Å². The van der Waals surface area contributed by atoms with Crippen LogP contribution in [0.2, 0.25) is 0 Å². The maximum atomic E-state index is 12.5. The number of carbonyl (C=O) groups excluding carboxylic acids is 1. The van der Waals surface area contributed by atoms with Crippen LogP contribution in [-0.4, -0.2) is 24.2 Å². The Balaban J connectivity index is 1.39. The monoisotopic (exact) mass is 375 g/mol. The van der Waals surface area contributed by atoms with Gasteiger partial charge in [0.15, 0.2) is 5.76 Å². The molecule has 2 aromatic carbocycles. The number of carbonyl (C=O) groups is 1. The van der Waals surface area contributed by atoms with Gasteiger partial charge < -0.3 is 15.2 Å². The summed E-state index contributed by atoms with van der Waals surface area (Å²) in [5.74, 6) is 1.57. The Hall–Kier alpha value is -2.92. The van der Waals surface area contributed by atoms with Gasteiger partial charge in [-0.25, -0.2) is 0 Å². The zero-order valence-electron chi connectivity index (χ0n) is 15.8. The van der Waals surface area contributed by atoms with Crippen molar-refractivity contribution < 1.29 is 9.32 Å². The predicted molar refractivity (Wildman–Crippen MR) is 110 cm³/mol. The molecule has 1 aromatic heterocycles. The molecule has 0 bridgehead atoms. The summed E-state index contributed by atoms with van der Waals surface area (Å²) in [7, 11) is 0. The van der Waals surface area contributed by atoms with Crippen LogP contribution in [0.4, 0.5) is 5.69 Å². The van der Waals surface area contributed by atoms with Gasteiger partial charge in [-0.1, -0.05) is 53.7 Å². The molecular weight excluding hydrogens is 350 g/mol. The van der Waals surface area contributed by atoms with Crippen molar-refractivity contribution in [2.75, 3.05) is 18.4 Å². The predicted octanol–water partition coefficient (Wildman–Crippen LogP) is 4.14. The van der Waals surface area contributed by atoms with Gasteiger partial charge in [-0.05, 0) is 49.9 Å². The van der Waals surface area contributed by atoms with Crippen LogP contribution in [0, 0.1) is 11.8 Å². The topological polar surface area (TPSA) is 67.2 Å². The lowest BCUT2D eigenvalue weighted by Gasteiger charge is -2.31. The number of amides is 1. The van der Waals surface area contributed by atoms with Gasteiger partial charge in [0.2, 0.25) is 5.91 Å². The fraction of sp³-hybridized carbons (Fsp3) is 0.304. The average molecular weight is 375 g/mol. The standard InChI is InChI=1S/C23H25N3O2/c27-23(25-20-9-5-2-6-10-20)14-18-11-12-24-16-19(18)13-21-15-22(28-26-21)17-7-3-1-4-8-17/h1-10,15,18-19,24H,11-14,16H2,(H,25,27)/t18-,19+/m0/s1. The maximum Gasteiger partial charge on any atom is 0.224 e. The summed E-state index contributed by atoms with van der Waals surface area (Å²) in [5.41, 5.74) is 2.82. The van der Waals surface area contributed by atoms with Crippen molar-refractivity contribution in [3.8, 4) is 11.3 Å². The van der Waals surface area contributed by atoms with E-state index in [1.54, 1.807) is 0 Å². The number of anilines is 1. The van der Waals surface area contributed by atoms with Crippen LogP contribution < -0.4 is 10.6 Å². The van der Waals surface area contributed by atoms with E-state index in [1.165, 1.54) is 0 Å². The largest absolute Gasteiger partial charge is 0.356 e. The Labute approximate surface area is 165 Å². The van der Waals surface area contributed by atoms with Gasteiger partial charge in [0.25, 0.3) is 0 Å². The molecule has 5 nitrogen and oxygen atoms in total. The van der Waals surface area contributed by atoms with E-state index < -0.39 is 0 Å². The van der Waals surface area contributed by atoms with Crippen molar-refractivity contribution in [3.05, 3.63) is 72.4 Å². The van der Waals surface area contributed by atoms with Gasteiger partial charge in [-0.15, -0.1) is 0 Å². The Morgan fingerprint density at radius 1 is 1.07 bits per heavy atom. The van der Waals surface area contributed by atoms with Crippen LogP contribution in [0.25, 0.3) is 11.3 Å². The fourth-order valence-corrected chi connectivity index (χ4v) is 3.87. The smallest absolute Gasteiger partial charge is 0.224 e. The van der Waals surface area contributed by atoms with Crippen molar-refractivity contribution in [2.45, 2.75) is 19.3 Å². The van der Waals surface area contributed by atoms with Crippen LogP contribution >= 0.6 is 0 Å². The van der Waals surface area contributed by atoms with E-state index in [4.69, 9.17) is 4.52 Å². The van der Waals surface area contributed by atoms with E-state index in [-0.39, 0.29) is 5.91 Å². The highest BCUT2D eigenvalue weighted by Crippen LogP contribution is 2.28. The minimum Gasteiger partial charge on any atom is -0.356 e. The zero-order chi connectivity index (χ0) is 19.2. The molecule has 4 rings (SSSR count). The molecule has 0 radical (unpaired) electrons. The summed E-state index contributed by atoms with van der Waals surface area (Å²) < 4.78 is 5.54. The van der Waals surface area contributed by atoms with Crippen molar-refractivity contribution in [1.29, 1.82) is 0 Å². The molecule has 2 N–H and O–H groups in total. The van der Waals surface area contributed by atoms with E-state index >= 15 is 0 Å². The number of nitrogens with zero attached hydrogens (tertiary/aromatic N) is 1. The minimum absolute atomic E-state index is 0.0771. The first-order valence-corrected chi connectivity index (χ1v) is 9.84. The SMILES string of the molecule is O=C(C[C@@H]1CCNC[C@H]1Cc1cc(-c2ccccc2)on1)Nc1ccccc1. The highest BCUT2D eigenvalue weighted by Gasteiger charge is 2.28. The number of piperidine rings is 1. The van der Waals surface area contributed by atoms with E-state index in [0.717, 1.165) is 48.6 Å². The van der Waals surface area contributed by atoms with Gasteiger partial charge in [0.1, 0.15) is 0 Å². The number of rotatable bonds is 6. The average Bonchev–Trinajstić information content (AvgIpc) is 3.19. The normalized spacial score (nSPS) is 19.3. The first-order chi connectivity index (χ1) is 13.8. The number of para-hydroxylation sites is 1. The molecule has 1 saturated heterocycles. The van der Waals surface area contributed by atoms with Gasteiger partial charge >= 0.3 is 0 Å². The second-order valence-electron chi connectivity index (χ2n) is 7.38. The maximum absolute atomic E-state index is 12.5. The third-order valence-corrected chi connectivity index (χ3v) is 5.36. The van der Waals surface area contributed by atoms with Gasteiger partial charge in [-0.2, -0.15) is 0 Å². The highest BCUT2D eigenvalue weighted by molar-refractivity contribution is 5.90. The fourth-order valence-electron chi connectivity index (χ4n) is 3.87. The van der Waals surface area contributed by atoms with Crippen LogP contribution in [0.5, 0.6) is 0 Å². The molecule has 5 heteroatoms. The molecule has 0 spiro atoms. The Morgan fingerprint density at radius 2 is 1.82 bits per heavy atom. The lowest BCUT2D eigenvalue weighted by Crippen LogP contribution is -2.39. The summed E-state index contributed by atoms with van der Waals surface area (Å²) in [6, 6.07) is 21.7. The molecule has 2 heterocycles. The van der Waals surface area contributed by atoms with Crippen molar-refractivity contribution >= 4 is 11.6 Å². The summed E-state index contributed by atoms with van der Waals surface area (Å²) >= 11 is 0. The summed E-state index contributed by atoms with van der Waals surface area (Å²) in [6.45, 7) is 1.85. The van der Waals surface area contributed by atoms with Gasteiger partial charge in [-0.3, -0.25) is 4.79 Å². The molecule has 2 atom stereocenters. The Morgan fingerprint density at radius 3 is 2.61 bits per heavy atom. The lowest BCUT2D eigenvalue weighted by atomic mass is 9.81. The van der Waals surface area contributed by atoms with Crippen molar-refractivity contribution in [3.63, 3.8) is 0 Å². The van der Waals surface area contributed by atoms with E-state index in [2.05, 4.69) is 15.8 Å². The zero-order valence-corrected chi connectivity index (χ0v) is 15.8. The van der Waals surface area contributed by atoms with Crippen LogP contribution in [0.1, 0.15) is 18.5 Å². The van der Waals surface area contributed by atoms with E-state index in [0.29, 0.717) is 18.3 Å². The number of nitrogens with one attached hydrogen (secondary N) is 2. The molecule has 3 aromatic rings. The molecule has 1 aliphatic rings. The first kappa shape index (κ1) is 18.4. The van der Waals surface area contributed by atoms with E-state index in [1.807, 2.05) is 66.7 Å². The van der Waals surface area contributed by atoms with Crippen molar-refractivity contribution in [2.24, 2.45) is 11.8 Å². The summed E-state index contributed by atoms with van der Waals surface area (Å²) in [5, 5.41) is 10.7. The Kier molecular flexibility index (Phi) is 5.83. The third-order valence-electron chi connectivity index (χ3n) is 5.36. The number of aromatic nitrogens is 1. The van der Waals surface area contributed by atoms with Crippen LogP contribution in [-0.2, 0) is 11.2 Å². The molecule has 1 amide bonds. The number of benzene rings is 2. The van der Waals surface area contributed by atoms with Gasteiger partial charge in [0, 0.05) is 23.7 Å². The van der Waals surface area contributed by atoms with E-state index in [9.17, 15) is 4.79 Å². The summed E-state index contributed by atoms with van der Waals surface area (Å²) in [4.78, 5) is 12.5. The molecule has 0 aliphatic carbocycles. The lowest BCUT2D eigenvalue weighted by molar-refractivity contribution is -0.117. The minimum atomic E-state index is 0.0771. The van der Waals surface area contributed by atoms with Crippen molar-refractivity contribution in [1.82, 2.24) is 10.5 Å². The quantitative estimate of drug-likeness (QED) is 0.680. The Bertz CT molecular complexity index is 892. The van der Waals surface area contributed by atoms with Crippen LogP contribution in [0.3, 0.4) is 0 Å². The van der Waals surface area contributed by atoms with Gasteiger partial charge in [0.05, 0.1) is 5.69 Å².